The number of hydrogen-bond donors (Lipinski definition) is 3. The molecule has 0 aliphatic rings. The molecule has 17 heavy (non-hydrogen) atoms. The highest BCUT2D eigenvalue weighted by molar-refractivity contribution is 5.77. The summed E-state index contributed by atoms with van der Waals surface area (Å²) in [5, 5.41) is 11.5. The number of carbonyl (C=O) groups excluding carboxylic acids is 1. The summed E-state index contributed by atoms with van der Waals surface area (Å²) < 4.78 is 4.97. The van der Waals surface area contributed by atoms with Crippen LogP contribution in [0.2, 0.25) is 0 Å². The van der Waals surface area contributed by atoms with Gasteiger partial charge >= 0.3 is 5.97 Å². The molecule has 0 aromatic carbocycles. The Morgan fingerprint density at radius 2 is 2.12 bits per heavy atom. The van der Waals surface area contributed by atoms with E-state index in [2.05, 4.69) is 5.32 Å². The topological polar surface area (TPSA) is 102 Å². The predicted molar refractivity (Wildman–Crippen MR) is 63.5 cm³/mol. The minimum absolute atomic E-state index is 0.156. The second-order valence-electron chi connectivity index (χ2n) is 3.93. The standard InChI is InChI=1S/C11H22N2O4/c1-3-4-8(11(15)16)7-13-10(14)5-9(6-12)17-2/h8-9H,3-7,12H2,1-2H3,(H,13,14)(H,15,16). The minimum atomic E-state index is -0.880. The third-order valence-electron chi connectivity index (χ3n) is 2.54. The zero-order valence-corrected chi connectivity index (χ0v) is 10.4. The van der Waals surface area contributed by atoms with E-state index in [0.717, 1.165) is 6.42 Å². The number of nitrogens with one attached hydrogen (secondary N) is 1. The minimum Gasteiger partial charge on any atom is -0.481 e. The maximum absolute atomic E-state index is 11.5. The molecule has 2 atom stereocenters. The summed E-state index contributed by atoms with van der Waals surface area (Å²) in [7, 11) is 1.49. The lowest BCUT2D eigenvalue weighted by Gasteiger charge is -2.15. The molecule has 0 aromatic rings. The van der Waals surface area contributed by atoms with Gasteiger partial charge in [-0.1, -0.05) is 13.3 Å². The van der Waals surface area contributed by atoms with Crippen LogP contribution in [-0.4, -0.2) is 43.3 Å². The van der Waals surface area contributed by atoms with Gasteiger partial charge < -0.3 is 20.9 Å². The Bertz CT molecular complexity index is 242. The second kappa shape index (κ2) is 8.95. The Morgan fingerprint density at radius 3 is 2.53 bits per heavy atom. The molecule has 0 bridgehead atoms. The molecule has 0 fully saturated rings. The molecule has 0 saturated heterocycles. The van der Waals surface area contributed by atoms with Crippen molar-refractivity contribution in [2.45, 2.75) is 32.3 Å². The van der Waals surface area contributed by atoms with Crippen molar-refractivity contribution >= 4 is 11.9 Å². The number of amides is 1. The van der Waals surface area contributed by atoms with Gasteiger partial charge in [-0.25, -0.2) is 0 Å². The molecule has 0 radical (unpaired) electrons. The van der Waals surface area contributed by atoms with Gasteiger partial charge in [-0.15, -0.1) is 0 Å². The third kappa shape index (κ3) is 6.91. The fourth-order valence-electron chi connectivity index (χ4n) is 1.44. The van der Waals surface area contributed by atoms with Crippen LogP contribution >= 0.6 is 0 Å². The number of carbonyl (C=O) groups is 2. The normalized spacial score (nSPS) is 14.1. The van der Waals surface area contributed by atoms with E-state index in [4.69, 9.17) is 15.6 Å². The van der Waals surface area contributed by atoms with E-state index in [-0.39, 0.29) is 31.5 Å². The first-order valence-corrected chi connectivity index (χ1v) is 5.77. The van der Waals surface area contributed by atoms with Crippen LogP contribution in [0.3, 0.4) is 0 Å². The lowest BCUT2D eigenvalue weighted by atomic mass is 10.0. The Morgan fingerprint density at radius 1 is 1.47 bits per heavy atom. The quantitative estimate of drug-likeness (QED) is 0.530. The average molecular weight is 246 g/mol. The lowest BCUT2D eigenvalue weighted by molar-refractivity contribution is -0.142. The number of aliphatic carboxylic acids is 1. The summed E-state index contributed by atoms with van der Waals surface area (Å²) in [6, 6.07) is 0. The van der Waals surface area contributed by atoms with Crippen molar-refractivity contribution in [1.29, 1.82) is 0 Å². The first kappa shape index (κ1) is 15.9. The van der Waals surface area contributed by atoms with Crippen LogP contribution in [0.5, 0.6) is 0 Å². The number of ether oxygens (including phenoxy) is 1. The highest BCUT2D eigenvalue weighted by Crippen LogP contribution is 2.05. The van der Waals surface area contributed by atoms with Crippen LogP contribution in [-0.2, 0) is 14.3 Å². The van der Waals surface area contributed by atoms with Crippen LogP contribution in [0.4, 0.5) is 0 Å². The zero-order valence-electron chi connectivity index (χ0n) is 10.4. The van der Waals surface area contributed by atoms with E-state index >= 15 is 0 Å². The van der Waals surface area contributed by atoms with Gasteiger partial charge in [0, 0.05) is 20.2 Å². The maximum Gasteiger partial charge on any atom is 0.308 e. The number of carboxylic acid groups (broad SMARTS) is 1. The SMILES string of the molecule is CCCC(CNC(=O)CC(CN)OC)C(=O)O. The fourth-order valence-corrected chi connectivity index (χ4v) is 1.44. The van der Waals surface area contributed by atoms with Crippen LogP contribution in [0.15, 0.2) is 0 Å². The second-order valence-corrected chi connectivity index (χ2v) is 3.93. The molecule has 1 amide bonds. The molecule has 4 N–H and O–H groups in total. The molecule has 2 unspecified atom stereocenters. The van der Waals surface area contributed by atoms with Gasteiger partial charge in [0.15, 0.2) is 0 Å². The Hall–Kier alpha value is -1.14. The van der Waals surface area contributed by atoms with E-state index in [1.807, 2.05) is 6.92 Å². The van der Waals surface area contributed by atoms with Gasteiger partial charge in [-0.2, -0.15) is 0 Å². The van der Waals surface area contributed by atoms with Crippen LogP contribution in [0.1, 0.15) is 26.2 Å². The van der Waals surface area contributed by atoms with E-state index < -0.39 is 11.9 Å². The molecular weight excluding hydrogens is 224 g/mol. The molecule has 100 valence electrons. The fraction of sp³-hybridized carbons (Fsp3) is 0.818. The number of hydrogen-bond acceptors (Lipinski definition) is 4. The van der Waals surface area contributed by atoms with Gasteiger partial charge in [-0.05, 0) is 6.42 Å². The largest absolute Gasteiger partial charge is 0.481 e. The molecule has 0 heterocycles. The van der Waals surface area contributed by atoms with Crippen molar-refractivity contribution < 1.29 is 19.4 Å². The van der Waals surface area contributed by atoms with Crippen molar-refractivity contribution in [1.82, 2.24) is 5.32 Å². The molecule has 0 saturated carbocycles. The summed E-state index contributed by atoms with van der Waals surface area (Å²) >= 11 is 0. The molecule has 0 aromatic heterocycles. The summed E-state index contributed by atoms with van der Waals surface area (Å²) in [6.07, 6.45) is 1.17. The van der Waals surface area contributed by atoms with Crippen LogP contribution in [0, 0.1) is 5.92 Å². The van der Waals surface area contributed by atoms with Gasteiger partial charge in [0.25, 0.3) is 0 Å². The maximum atomic E-state index is 11.5. The van der Waals surface area contributed by atoms with Gasteiger partial charge in [0.05, 0.1) is 18.4 Å². The summed E-state index contributed by atoms with van der Waals surface area (Å²) in [5.74, 6) is -1.64. The van der Waals surface area contributed by atoms with Crippen molar-refractivity contribution in [2.24, 2.45) is 11.7 Å². The molecule has 6 nitrogen and oxygen atoms in total. The average Bonchev–Trinajstić information content (AvgIpc) is 2.30. The number of methoxy groups -OCH3 is 1. The number of carboxylic acids is 1. The highest BCUT2D eigenvalue weighted by atomic mass is 16.5. The molecule has 0 aliphatic heterocycles. The van der Waals surface area contributed by atoms with Crippen molar-refractivity contribution in [3.8, 4) is 0 Å². The smallest absolute Gasteiger partial charge is 0.308 e. The van der Waals surface area contributed by atoms with E-state index in [1.165, 1.54) is 7.11 Å². The summed E-state index contributed by atoms with van der Waals surface area (Å²) in [5.41, 5.74) is 5.38. The Balaban J connectivity index is 3.99. The highest BCUT2D eigenvalue weighted by Gasteiger charge is 2.18. The van der Waals surface area contributed by atoms with E-state index in [1.54, 1.807) is 0 Å². The van der Waals surface area contributed by atoms with Gasteiger partial charge in [0.1, 0.15) is 0 Å². The molecule has 0 aliphatic carbocycles. The summed E-state index contributed by atoms with van der Waals surface area (Å²) in [6.45, 7) is 2.33. The number of rotatable bonds is 9. The van der Waals surface area contributed by atoms with Gasteiger partial charge in [0.2, 0.25) is 5.91 Å². The van der Waals surface area contributed by atoms with Crippen molar-refractivity contribution in [2.75, 3.05) is 20.2 Å². The van der Waals surface area contributed by atoms with E-state index in [0.29, 0.717) is 6.42 Å². The molecule has 0 rings (SSSR count). The van der Waals surface area contributed by atoms with Crippen LogP contribution in [0.25, 0.3) is 0 Å². The Labute approximate surface area is 102 Å². The molecular formula is C11H22N2O4. The first-order chi connectivity index (χ1) is 8.04. The van der Waals surface area contributed by atoms with Crippen molar-refractivity contribution in [3.63, 3.8) is 0 Å². The third-order valence-corrected chi connectivity index (χ3v) is 2.54. The van der Waals surface area contributed by atoms with Crippen molar-refractivity contribution in [3.05, 3.63) is 0 Å². The monoisotopic (exact) mass is 246 g/mol. The molecule has 6 heteroatoms. The Kier molecular flexibility index (Phi) is 8.35. The van der Waals surface area contributed by atoms with E-state index in [9.17, 15) is 9.59 Å². The van der Waals surface area contributed by atoms with Crippen LogP contribution < -0.4 is 11.1 Å². The van der Waals surface area contributed by atoms with Gasteiger partial charge in [-0.3, -0.25) is 9.59 Å². The lowest BCUT2D eigenvalue weighted by Crippen LogP contribution is -2.36. The number of nitrogens with two attached hydrogens (primary N) is 1. The zero-order chi connectivity index (χ0) is 13.3. The predicted octanol–water partition coefficient (Wildman–Crippen LogP) is -0.0327. The molecule has 0 spiro atoms. The summed E-state index contributed by atoms with van der Waals surface area (Å²) in [4.78, 5) is 22.3. The first-order valence-electron chi connectivity index (χ1n) is 5.77.